The highest BCUT2D eigenvalue weighted by Gasteiger charge is 2.19. The lowest BCUT2D eigenvalue weighted by molar-refractivity contribution is 0.0928. The van der Waals surface area contributed by atoms with Gasteiger partial charge < -0.3 is 14.6 Å². The molecule has 0 fully saturated rings. The van der Waals surface area contributed by atoms with Gasteiger partial charge in [0.05, 0.1) is 0 Å². The molecule has 130 valence electrons. The third-order valence-electron chi connectivity index (χ3n) is 4.62. The highest BCUT2D eigenvalue weighted by Crippen LogP contribution is 2.30. The van der Waals surface area contributed by atoms with Crippen LogP contribution in [-0.4, -0.2) is 26.0 Å². The van der Waals surface area contributed by atoms with E-state index in [0.29, 0.717) is 12.3 Å². The van der Waals surface area contributed by atoms with Gasteiger partial charge in [0.25, 0.3) is 5.91 Å². The van der Waals surface area contributed by atoms with Crippen LogP contribution in [0.25, 0.3) is 11.0 Å². The number of anilines is 1. The van der Waals surface area contributed by atoms with E-state index in [-0.39, 0.29) is 5.91 Å². The minimum absolute atomic E-state index is 0.158. The lowest BCUT2D eigenvalue weighted by atomic mass is 10.0. The van der Waals surface area contributed by atoms with Gasteiger partial charge in [0.1, 0.15) is 5.58 Å². The van der Waals surface area contributed by atoms with Crippen LogP contribution in [0.1, 0.15) is 27.2 Å². The smallest absolute Gasteiger partial charge is 0.287 e. The molecule has 1 aromatic heterocycles. The Morgan fingerprint density at radius 3 is 2.40 bits per heavy atom. The van der Waals surface area contributed by atoms with Crippen molar-refractivity contribution in [3.05, 3.63) is 64.9 Å². The summed E-state index contributed by atoms with van der Waals surface area (Å²) in [6.45, 7) is 7.27. The first kappa shape index (κ1) is 17.1. The molecule has 0 aliphatic rings. The topological polar surface area (TPSA) is 45.5 Å². The van der Waals surface area contributed by atoms with E-state index in [9.17, 15) is 4.79 Å². The molecule has 1 heterocycles. The van der Waals surface area contributed by atoms with Crippen molar-refractivity contribution < 1.29 is 9.21 Å². The van der Waals surface area contributed by atoms with Crippen molar-refractivity contribution in [2.75, 3.05) is 25.0 Å². The molecule has 1 N–H and O–H groups in total. The van der Waals surface area contributed by atoms with Crippen LogP contribution in [-0.2, 0) is 0 Å². The largest absolute Gasteiger partial charge is 0.450 e. The molecule has 0 bridgehead atoms. The quantitative estimate of drug-likeness (QED) is 0.758. The molecule has 0 unspecified atom stereocenters. The van der Waals surface area contributed by atoms with Crippen molar-refractivity contribution in [1.29, 1.82) is 0 Å². The minimum atomic E-state index is -0.158. The Labute approximate surface area is 148 Å². The molecule has 0 aliphatic carbocycles. The number of benzene rings is 2. The van der Waals surface area contributed by atoms with Gasteiger partial charge in [0, 0.05) is 36.8 Å². The molecule has 3 aromatic rings. The summed E-state index contributed by atoms with van der Waals surface area (Å²) in [7, 11) is 2.01. The monoisotopic (exact) mass is 336 g/mol. The molecule has 0 radical (unpaired) electrons. The summed E-state index contributed by atoms with van der Waals surface area (Å²) in [6.07, 6.45) is 0. The Morgan fingerprint density at radius 2 is 1.72 bits per heavy atom. The number of amides is 1. The predicted molar refractivity (Wildman–Crippen MR) is 102 cm³/mol. The number of hydrogen-bond donors (Lipinski definition) is 1. The van der Waals surface area contributed by atoms with Crippen LogP contribution in [0.2, 0.25) is 0 Å². The maximum absolute atomic E-state index is 12.6. The molecular formula is C21H24N2O2. The van der Waals surface area contributed by atoms with Gasteiger partial charge in [-0.3, -0.25) is 4.79 Å². The summed E-state index contributed by atoms with van der Waals surface area (Å²) in [5.74, 6) is 0.253. The predicted octanol–water partition coefficient (Wildman–Crippen LogP) is 4.22. The summed E-state index contributed by atoms with van der Waals surface area (Å²) in [5.41, 5.74) is 5.02. The average molecular weight is 336 g/mol. The van der Waals surface area contributed by atoms with E-state index in [1.54, 1.807) is 0 Å². The number of nitrogens with one attached hydrogen (secondary N) is 1. The van der Waals surface area contributed by atoms with Crippen molar-refractivity contribution in [1.82, 2.24) is 5.32 Å². The number of hydrogen-bond acceptors (Lipinski definition) is 3. The Hall–Kier alpha value is -2.75. The number of fused-ring (bicyclic) bond motifs is 1. The number of rotatable bonds is 5. The van der Waals surface area contributed by atoms with Crippen LogP contribution in [0.3, 0.4) is 0 Å². The summed E-state index contributed by atoms with van der Waals surface area (Å²) in [4.78, 5) is 14.7. The third kappa shape index (κ3) is 3.38. The molecule has 0 saturated heterocycles. The number of para-hydroxylation sites is 1. The zero-order chi connectivity index (χ0) is 18.0. The first-order chi connectivity index (χ1) is 12.0. The van der Waals surface area contributed by atoms with Crippen LogP contribution in [0.15, 0.2) is 46.9 Å². The fraction of sp³-hybridized carbons (Fsp3) is 0.286. The van der Waals surface area contributed by atoms with Gasteiger partial charge in [-0.15, -0.1) is 0 Å². The summed E-state index contributed by atoms with van der Waals surface area (Å²) >= 11 is 0. The van der Waals surface area contributed by atoms with Crippen molar-refractivity contribution >= 4 is 22.6 Å². The fourth-order valence-electron chi connectivity index (χ4n) is 3.12. The van der Waals surface area contributed by atoms with Crippen LogP contribution in [0, 0.1) is 20.8 Å². The first-order valence-electron chi connectivity index (χ1n) is 8.52. The molecule has 2 aromatic carbocycles. The van der Waals surface area contributed by atoms with Gasteiger partial charge >= 0.3 is 0 Å². The van der Waals surface area contributed by atoms with Gasteiger partial charge in [0.2, 0.25) is 0 Å². The van der Waals surface area contributed by atoms with E-state index in [1.165, 1.54) is 0 Å². The maximum atomic E-state index is 12.6. The normalized spacial score (nSPS) is 10.9. The maximum Gasteiger partial charge on any atom is 0.287 e. The molecule has 0 saturated carbocycles. The van der Waals surface area contributed by atoms with Crippen LogP contribution in [0.5, 0.6) is 0 Å². The minimum Gasteiger partial charge on any atom is -0.450 e. The van der Waals surface area contributed by atoms with Gasteiger partial charge in [-0.2, -0.15) is 0 Å². The molecular weight excluding hydrogens is 312 g/mol. The molecule has 0 atom stereocenters. The molecule has 1 amide bonds. The molecule has 4 heteroatoms. The van der Waals surface area contributed by atoms with Crippen molar-refractivity contribution in [2.45, 2.75) is 20.8 Å². The standard InChI is InChI=1S/C21H24N2O2/c1-14-10-11-15(2)19-18(14)16(3)20(25-19)21(24)22-12-13-23(4)17-8-6-5-7-9-17/h5-11H,12-13H2,1-4H3,(H,22,24). The SMILES string of the molecule is Cc1ccc(C)c2c(C)c(C(=O)NCCN(C)c3ccccc3)oc12. The van der Waals surface area contributed by atoms with Crippen LogP contribution >= 0.6 is 0 Å². The molecule has 0 aliphatic heterocycles. The Bertz CT molecular complexity index is 897. The van der Waals surface area contributed by atoms with Gasteiger partial charge in [-0.05, 0) is 44.0 Å². The van der Waals surface area contributed by atoms with E-state index in [4.69, 9.17) is 4.42 Å². The van der Waals surface area contributed by atoms with E-state index in [1.807, 2.05) is 52.1 Å². The van der Waals surface area contributed by atoms with Crippen molar-refractivity contribution in [3.63, 3.8) is 0 Å². The van der Waals surface area contributed by atoms with E-state index >= 15 is 0 Å². The highest BCUT2D eigenvalue weighted by molar-refractivity contribution is 6.00. The molecule has 0 spiro atoms. The zero-order valence-corrected chi connectivity index (χ0v) is 15.2. The summed E-state index contributed by atoms with van der Waals surface area (Å²) in [6, 6.07) is 14.2. The number of carbonyl (C=O) groups excluding carboxylic acids is 1. The number of furan rings is 1. The van der Waals surface area contributed by atoms with Gasteiger partial charge in [-0.25, -0.2) is 0 Å². The zero-order valence-electron chi connectivity index (χ0n) is 15.2. The Kier molecular flexibility index (Phi) is 4.79. The van der Waals surface area contributed by atoms with Crippen LogP contribution in [0.4, 0.5) is 5.69 Å². The Morgan fingerprint density at radius 1 is 1.04 bits per heavy atom. The average Bonchev–Trinajstić information content (AvgIpc) is 2.97. The van der Waals surface area contributed by atoms with E-state index in [0.717, 1.165) is 39.9 Å². The van der Waals surface area contributed by atoms with E-state index < -0.39 is 0 Å². The number of likely N-dealkylation sites (N-methyl/N-ethyl adjacent to an activating group) is 1. The molecule has 4 nitrogen and oxygen atoms in total. The second-order valence-corrected chi connectivity index (χ2v) is 6.47. The second kappa shape index (κ2) is 7.01. The third-order valence-corrected chi connectivity index (χ3v) is 4.62. The molecule has 25 heavy (non-hydrogen) atoms. The first-order valence-corrected chi connectivity index (χ1v) is 8.52. The van der Waals surface area contributed by atoms with Crippen LogP contribution < -0.4 is 10.2 Å². The van der Waals surface area contributed by atoms with E-state index in [2.05, 4.69) is 28.4 Å². The summed E-state index contributed by atoms with van der Waals surface area (Å²) in [5, 5.41) is 4.01. The summed E-state index contributed by atoms with van der Waals surface area (Å²) < 4.78 is 5.89. The Balaban J connectivity index is 1.70. The van der Waals surface area contributed by atoms with Gasteiger partial charge in [0.15, 0.2) is 5.76 Å². The number of nitrogens with zero attached hydrogens (tertiary/aromatic N) is 1. The lowest BCUT2D eigenvalue weighted by Crippen LogP contribution is -2.33. The lowest BCUT2D eigenvalue weighted by Gasteiger charge is -2.19. The fourth-order valence-corrected chi connectivity index (χ4v) is 3.12. The number of aryl methyl sites for hydroxylation is 3. The molecule has 3 rings (SSSR count). The number of carbonyl (C=O) groups is 1. The highest BCUT2D eigenvalue weighted by atomic mass is 16.3. The second-order valence-electron chi connectivity index (χ2n) is 6.47. The van der Waals surface area contributed by atoms with Crippen molar-refractivity contribution in [3.8, 4) is 0 Å². The van der Waals surface area contributed by atoms with Gasteiger partial charge in [-0.1, -0.05) is 30.3 Å². The van der Waals surface area contributed by atoms with Crippen molar-refractivity contribution in [2.24, 2.45) is 0 Å².